The van der Waals surface area contributed by atoms with Gasteiger partial charge in [0.05, 0.1) is 26.2 Å². The average molecular weight is 359 g/mol. The van der Waals surface area contributed by atoms with Crippen molar-refractivity contribution in [3.8, 4) is 0 Å². The fraction of sp³-hybridized carbons (Fsp3) is 0.333. The van der Waals surface area contributed by atoms with Gasteiger partial charge in [-0.15, -0.1) is 11.3 Å². The highest BCUT2D eigenvalue weighted by Crippen LogP contribution is 2.15. The van der Waals surface area contributed by atoms with Crippen LogP contribution in [0.2, 0.25) is 0 Å². The zero-order valence-corrected chi connectivity index (χ0v) is 14.7. The van der Waals surface area contributed by atoms with Crippen molar-refractivity contribution in [3.05, 3.63) is 46.7 Å². The van der Waals surface area contributed by atoms with E-state index in [2.05, 4.69) is 15.5 Å². The number of thiophene rings is 1. The maximum Gasteiger partial charge on any atom is 0.238 e. The van der Waals surface area contributed by atoms with Crippen LogP contribution in [0.1, 0.15) is 4.88 Å². The summed E-state index contributed by atoms with van der Waals surface area (Å²) in [6.45, 7) is 3.27. The van der Waals surface area contributed by atoms with E-state index in [-0.39, 0.29) is 11.8 Å². The fourth-order valence-electron chi connectivity index (χ4n) is 2.58. The summed E-state index contributed by atoms with van der Waals surface area (Å²) in [5.41, 5.74) is 1.43. The molecule has 1 saturated heterocycles. The molecule has 7 heteroatoms. The van der Waals surface area contributed by atoms with Crippen LogP contribution >= 0.6 is 11.3 Å². The van der Waals surface area contributed by atoms with Crippen molar-refractivity contribution in [1.82, 2.24) is 4.90 Å². The lowest BCUT2D eigenvalue weighted by Gasteiger charge is -2.25. The molecule has 1 aliphatic heterocycles. The average Bonchev–Trinajstić information content (AvgIpc) is 3.10. The molecule has 25 heavy (non-hydrogen) atoms. The SMILES string of the molecule is O=C(Cc1cccs1)Nc1ccc(NC(=O)CN2CCOCC2)cc1. The van der Waals surface area contributed by atoms with Crippen molar-refractivity contribution in [2.75, 3.05) is 43.5 Å². The Morgan fingerprint density at radius 1 is 1.00 bits per heavy atom. The second-order valence-electron chi connectivity index (χ2n) is 5.82. The number of carbonyl (C=O) groups is 2. The lowest BCUT2D eigenvalue weighted by Crippen LogP contribution is -2.41. The number of morpholine rings is 1. The molecule has 1 aromatic heterocycles. The van der Waals surface area contributed by atoms with Crippen LogP contribution < -0.4 is 10.6 Å². The van der Waals surface area contributed by atoms with E-state index in [9.17, 15) is 9.59 Å². The standard InChI is InChI=1S/C18H21N3O3S/c22-17(12-16-2-1-11-25-16)19-14-3-5-15(6-4-14)20-18(23)13-21-7-9-24-10-8-21/h1-6,11H,7-10,12-13H2,(H,19,22)(H,20,23). The summed E-state index contributed by atoms with van der Waals surface area (Å²) in [6, 6.07) is 11.0. The van der Waals surface area contributed by atoms with Crippen LogP contribution in [0, 0.1) is 0 Å². The molecular formula is C18H21N3O3S. The first-order valence-corrected chi connectivity index (χ1v) is 9.09. The molecule has 132 valence electrons. The van der Waals surface area contributed by atoms with Crippen LogP contribution in [0.4, 0.5) is 11.4 Å². The van der Waals surface area contributed by atoms with Gasteiger partial charge in [-0.05, 0) is 35.7 Å². The van der Waals surface area contributed by atoms with Crippen LogP contribution in [-0.4, -0.2) is 49.6 Å². The summed E-state index contributed by atoms with van der Waals surface area (Å²) >= 11 is 1.57. The van der Waals surface area contributed by atoms with Crippen molar-refractivity contribution in [2.45, 2.75) is 6.42 Å². The van der Waals surface area contributed by atoms with Gasteiger partial charge in [0, 0.05) is 29.3 Å². The number of carbonyl (C=O) groups excluding carboxylic acids is 2. The van der Waals surface area contributed by atoms with E-state index in [1.807, 2.05) is 17.5 Å². The molecule has 0 bridgehead atoms. The molecule has 0 spiro atoms. The summed E-state index contributed by atoms with van der Waals surface area (Å²) in [5.74, 6) is -0.0945. The monoisotopic (exact) mass is 359 g/mol. The lowest BCUT2D eigenvalue weighted by molar-refractivity contribution is -0.118. The highest BCUT2D eigenvalue weighted by molar-refractivity contribution is 7.10. The molecule has 6 nitrogen and oxygen atoms in total. The van der Waals surface area contributed by atoms with Gasteiger partial charge in [-0.3, -0.25) is 14.5 Å². The number of anilines is 2. The predicted molar refractivity (Wildman–Crippen MR) is 99.0 cm³/mol. The van der Waals surface area contributed by atoms with E-state index >= 15 is 0 Å². The molecule has 0 unspecified atom stereocenters. The van der Waals surface area contributed by atoms with E-state index in [1.165, 1.54) is 0 Å². The Hall–Kier alpha value is -2.22. The minimum absolute atomic E-state index is 0.0450. The molecule has 2 amide bonds. The Balaban J connectivity index is 1.46. The van der Waals surface area contributed by atoms with Crippen LogP contribution in [0.15, 0.2) is 41.8 Å². The van der Waals surface area contributed by atoms with Gasteiger partial charge in [0.2, 0.25) is 11.8 Å². The second kappa shape index (κ2) is 8.75. The van der Waals surface area contributed by atoms with Gasteiger partial charge in [0.15, 0.2) is 0 Å². The van der Waals surface area contributed by atoms with Crippen molar-refractivity contribution in [1.29, 1.82) is 0 Å². The molecule has 1 aromatic carbocycles. The zero-order chi connectivity index (χ0) is 17.5. The highest BCUT2D eigenvalue weighted by atomic mass is 32.1. The van der Waals surface area contributed by atoms with Gasteiger partial charge < -0.3 is 15.4 Å². The first-order chi connectivity index (χ1) is 12.2. The molecule has 2 N–H and O–H groups in total. The summed E-state index contributed by atoms with van der Waals surface area (Å²) in [7, 11) is 0. The number of nitrogens with zero attached hydrogens (tertiary/aromatic N) is 1. The topological polar surface area (TPSA) is 70.7 Å². The second-order valence-corrected chi connectivity index (χ2v) is 6.85. The summed E-state index contributed by atoms with van der Waals surface area (Å²) < 4.78 is 5.27. The van der Waals surface area contributed by atoms with Gasteiger partial charge >= 0.3 is 0 Å². The van der Waals surface area contributed by atoms with Gasteiger partial charge in [0.25, 0.3) is 0 Å². The molecule has 1 fully saturated rings. The van der Waals surface area contributed by atoms with E-state index in [4.69, 9.17) is 4.74 Å². The number of hydrogen-bond donors (Lipinski definition) is 2. The number of hydrogen-bond acceptors (Lipinski definition) is 5. The number of rotatable bonds is 6. The number of nitrogens with one attached hydrogen (secondary N) is 2. The quantitative estimate of drug-likeness (QED) is 0.830. The minimum Gasteiger partial charge on any atom is -0.379 e. The molecule has 0 saturated carbocycles. The van der Waals surface area contributed by atoms with Crippen LogP contribution in [0.3, 0.4) is 0 Å². The van der Waals surface area contributed by atoms with E-state index in [0.29, 0.717) is 31.9 Å². The number of amides is 2. The fourth-order valence-corrected chi connectivity index (χ4v) is 3.28. The maximum absolute atomic E-state index is 12.1. The predicted octanol–water partition coefficient (Wildman–Crippen LogP) is 2.20. The molecule has 1 aliphatic rings. The minimum atomic E-state index is -0.0495. The first-order valence-electron chi connectivity index (χ1n) is 8.21. The number of ether oxygens (including phenoxy) is 1. The summed E-state index contributed by atoms with van der Waals surface area (Å²) in [4.78, 5) is 27.1. The van der Waals surface area contributed by atoms with Crippen molar-refractivity contribution < 1.29 is 14.3 Å². The molecule has 0 atom stereocenters. The van der Waals surface area contributed by atoms with Gasteiger partial charge in [-0.2, -0.15) is 0 Å². The van der Waals surface area contributed by atoms with Gasteiger partial charge in [-0.1, -0.05) is 6.07 Å². The van der Waals surface area contributed by atoms with Crippen LogP contribution in [0.5, 0.6) is 0 Å². The Morgan fingerprint density at radius 3 is 2.24 bits per heavy atom. The van der Waals surface area contributed by atoms with Crippen LogP contribution in [-0.2, 0) is 20.7 Å². The molecule has 0 aliphatic carbocycles. The van der Waals surface area contributed by atoms with Crippen molar-refractivity contribution in [3.63, 3.8) is 0 Å². The Morgan fingerprint density at radius 2 is 1.64 bits per heavy atom. The van der Waals surface area contributed by atoms with Crippen molar-refractivity contribution >= 4 is 34.5 Å². The Bertz CT molecular complexity index is 695. The molecule has 0 radical (unpaired) electrons. The highest BCUT2D eigenvalue weighted by Gasteiger charge is 2.14. The Labute approximate surface area is 150 Å². The number of benzene rings is 1. The summed E-state index contributed by atoms with van der Waals surface area (Å²) in [5, 5.41) is 7.69. The van der Waals surface area contributed by atoms with Crippen LogP contribution in [0.25, 0.3) is 0 Å². The normalized spacial score (nSPS) is 14.9. The van der Waals surface area contributed by atoms with E-state index < -0.39 is 0 Å². The molecule has 2 heterocycles. The lowest BCUT2D eigenvalue weighted by atomic mass is 10.2. The maximum atomic E-state index is 12.1. The van der Waals surface area contributed by atoms with E-state index in [0.717, 1.165) is 23.7 Å². The van der Waals surface area contributed by atoms with Gasteiger partial charge in [-0.25, -0.2) is 0 Å². The van der Waals surface area contributed by atoms with Gasteiger partial charge in [0.1, 0.15) is 0 Å². The zero-order valence-electron chi connectivity index (χ0n) is 13.9. The Kier molecular flexibility index (Phi) is 6.16. The third-order valence-electron chi connectivity index (χ3n) is 3.84. The smallest absolute Gasteiger partial charge is 0.238 e. The first kappa shape index (κ1) is 17.6. The third-order valence-corrected chi connectivity index (χ3v) is 4.71. The molecule has 2 aromatic rings. The molecule has 3 rings (SSSR count). The van der Waals surface area contributed by atoms with Crippen molar-refractivity contribution in [2.24, 2.45) is 0 Å². The summed E-state index contributed by atoms with van der Waals surface area (Å²) in [6.07, 6.45) is 0.371. The largest absolute Gasteiger partial charge is 0.379 e. The molecular weight excluding hydrogens is 338 g/mol. The third kappa shape index (κ3) is 5.67. The van der Waals surface area contributed by atoms with E-state index in [1.54, 1.807) is 35.6 Å².